The Morgan fingerprint density at radius 3 is 1.45 bits per heavy atom. The SMILES string of the molecule is CC(=O)CSC1=NN=C(c2cc([NH2+][O-])cc(-c3ccc(-c4ccn[nH]4)cc3)c2)C1.CC(=O)CSC1=[NH+]N=C(c2cc(N=O)cc(-c3ccc4ccn(C)c4c3)c2)C1.CC(=O)CSc1n[nH]c(-c2cc(-c3ccc4c(c3)C(c3ccccc3)=CC4)cc([N+](=O)[O-])c2)n1.CC(=O)CSc1n[nH]c(-c2cc(-c3ccc4c(c3)C=CC4)cc([N+](=O)[O-])c2)n1.CC(=O)CSc1n[nH]c(-c2cc(-c3ccc4c(ccn4C)c3)cc([N+](=O)[O-])c2)n1.O.[OH-]. The Balaban J connectivity index is 0.000000140. The molecule has 0 saturated heterocycles. The summed E-state index contributed by atoms with van der Waals surface area (Å²) in [6.45, 7) is 7.62. The second-order valence-corrected chi connectivity index (χ2v) is 39.7. The maximum atomic E-state index is 11.7. The molecule has 0 saturated carbocycles. The van der Waals surface area contributed by atoms with Gasteiger partial charge in [-0.05, 0) is 249 Å². The third-order valence-electron chi connectivity index (χ3n) is 23.7. The molecule has 0 radical (unpaired) electrons. The van der Waals surface area contributed by atoms with Crippen LogP contribution in [0.2, 0.25) is 0 Å². The van der Waals surface area contributed by atoms with Crippen LogP contribution in [0, 0.1) is 40.5 Å². The Hall–Kier alpha value is -17.0. The number of allylic oxidation sites excluding steroid dienone is 2. The largest absolute Gasteiger partial charge is 0.870 e. The van der Waals surface area contributed by atoms with Crippen LogP contribution in [0.4, 0.5) is 28.4 Å². The van der Waals surface area contributed by atoms with Gasteiger partial charge in [-0.2, -0.15) is 10.2 Å². The number of nitro groups is 3. The van der Waals surface area contributed by atoms with E-state index in [2.05, 4.69) is 147 Å². The molecular weight excluding hydrogens is 2010 g/mol. The summed E-state index contributed by atoms with van der Waals surface area (Å²) < 4.78 is 4.09. The lowest BCUT2D eigenvalue weighted by Crippen LogP contribution is -2.70. The number of nitrogens with two attached hydrogens (primary N) is 1. The second-order valence-electron chi connectivity index (χ2n) is 34.8. The monoisotopic (exact) mass is 2100 g/mol. The van der Waals surface area contributed by atoms with Gasteiger partial charge in [0.15, 0.2) is 17.5 Å². The Kier molecular flexibility index (Phi) is 35.1. The number of non-ortho nitro benzene ring substituents is 3. The third-order valence-corrected chi connectivity index (χ3v) is 28.9. The summed E-state index contributed by atoms with van der Waals surface area (Å²) in [5, 5.41) is 98.0. The summed E-state index contributed by atoms with van der Waals surface area (Å²) in [4.78, 5) is 114. The molecule has 37 nitrogen and oxygen atoms in total. The number of nitrogens with one attached hydrogen (secondary N) is 5. The maximum absolute atomic E-state index is 11.7. The van der Waals surface area contributed by atoms with E-state index in [1.165, 1.54) is 120 Å². The van der Waals surface area contributed by atoms with Crippen molar-refractivity contribution >= 4 is 171 Å². The van der Waals surface area contributed by atoms with E-state index in [0.717, 1.165) is 145 Å². The van der Waals surface area contributed by atoms with Crippen molar-refractivity contribution in [3.8, 4) is 101 Å². The lowest BCUT2D eigenvalue weighted by Gasteiger charge is -2.10. The highest BCUT2D eigenvalue weighted by atomic mass is 32.2. The molecule has 0 amide bonds. The van der Waals surface area contributed by atoms with Crippen LogP contribution in [0.15, 0.2) is 303 Å². The molecular formula is C108H94N22O15S5. The summed E-state index contributed by atoms with van der Waals surface area (Å²) >= 11 is 6.54. The number of thioether (sulfide) groups is 5. The molecule has 8 heterocycles. The smallest absolute Gasteiger partial charge is 0.270 e. The highest BCUT2D eigenvalue weighted by Gasteiger charge is 2.27. The number of benzene rings is 11. The number of H-pyrrole nitrogens is 4. The number of Topliss-reactive ketones (excluding diaryl/α,β-unsaturated/α-hetero) is 5. The van der Waals surface area contributed by atoms with Crippen LogP contribution in [-0.4, -0.2) is 170 Å². The van der Waals surface area contributed by atoms with Crippen molar-refractivity contribution in [2.45, 2.75) is 75.8 Å². The van der Waals surface area contributed by atoms with E-state index in [1.807, 2.05) is 177 Å². The number of nitrogens with zero attached hydrogens (tertiary/aromatic N) is 16. The number of carbonyl (C=O) groups excluding carboxylic acids is 5. The summed E-state index contributed by atoms with van der Waals surface area (Å²) in [5.74, 6) is 3.20. The van der Waals surface area contributed by atoms with Crippen molar-refractivity contribution in [1.82, 2.24) is 64.9 Å². The van der Waals surface area contributed by atoms with E-state index in [9.17, 15) is 64.4 Å². The molecule has 150 heavy (non-hydrogen) atoms. The fourth-order valence-electron chi connectivity index (χ4n) is 16.5. The average Bonchev–Trinajstić information content (AvgIpc) is 1.56. The first-order valence-corrected chi connectivity index (χ1v) is 51.1. The van der Waals surface area contributed by atoms with Gasteiger partial charge in [0, 0.05) is 132 Å². The summed E-state index contributed by atoms with van der Waals surface area (Å²) in [6.07, 6.45) is 15.0. The predicted octanol–water partition coefficient (Wildman–Crippen LogP) is 19.6. The number of nitroso groups, excluding NO2 is 1. The molecule has 756 valence electrons. The normalized spacial score (nSPS) is 12.3. The zero-order chi connectivity index (χ0) is 104. The number of nitro benzene ring substituents is 3. The molecule has 21 rings (SSSR count). The first-order chi connectivity index (χ1) is 71.5. The van der Waals surface area contributed by atoms with E-state index in [-0.39, 0.29) is 74.2 Å². The number of ketones is 5. The Morgan fingerprint density at radius 2 is 0.900 bits per heavy atom. The summed E-state index contributed by atoms with van der Waals surface area (Å²) in [6, 6.07) is 74.6. The number of hydrazone groups is 1. The van der Waals surface area contributed by atoms with Gasteiger partial charge in [0.1, 0.15) is 51.0 Å². The Morgan fingerprint density at radius 1 is 0.433 bits per heavy atom. The Bertz CT molecular complexity index is 8270. The number of fused-ring (bicyclic) bond motifs is 4. The minimum Gasteiger partial charge on any atom is -0.870 e. The van der Waals surface area contributed by atoms with Crippen molar-refractivity contribution < 1.29 is 60.3 Å². The van der Waals surface area contributed by atoms with Crippen molar-refractivity contribution in [3.63, 3.8) is 0 Å². The van der Waals surface area contributed by atoms with Crippen LogP contribution in [-0.2, 0) is 50.9 Å². The van der Waals surface area contributed by atoms with Crippen molar-refractivity contribution in [1.29, 1.82) is 0 Å². The number of aromatic amines is 4. The van der Waals surface area contributed by atoms with Crippen LogP contribution >= 0.6 is 58.8 Å². The van der Waals surface area contributed by atoms with Gasteiger partial charge in [0.05, 0.1) is 61.4 Å². The average molecular weight is 2100 g/mol. The summed E-state index contributed by atoms with van der Waals surface area (Å²) in [7, 11) is 3.98. The van der Waals surface area contributed by atoms with Gasteiger partial charge in [-0.1, -0.05) is 167 Å². The lowest BCUT2D eigenvalue weighted by molar-refractivity contribution is -0.497. The lowest BCUT2D eigenvalue weighted by atomic mass is 9.94. The van der Waals surface area contributed by atoms with Gasteiger partial charge in [-0.25, -0.2) is 15.0 Å². The third kappa shape index (κ3) is 26.9. The molecule has 10 N–H and O–H groups in total. The number of hydrogen-bond acceptors (Lipinski definition) is 30. The van der Waals surface area contributed by atoms with Crippen molar-refractivity contribution in [2.75, 3.05) is 28.8 Å². The first-order valence-electron chi connectivity index (χ1n) is 46.1. The molecule has 0 spiro atoms. The minimum atomic E-state index is -0.421. The van der Waals surface area contributed by atoms with Crippen LogP contribution in [0.3, 0.4) is 0 Å². The number of quaternary nitrogens is 1. The molecule has 17 aromatic rings. The van der Waals surface area contributed by atoms with Gasteiger partial charge in [0.2, 0.25) is 20.5 Å². The van der Waals surface area contributed by atoms with Gasteiger partial charge >= 0.3 is 0 Å². The van der Waals surface area contributed by atoms with Gasteiger partial charge in [0.25, 0.3) is 17.1 Å². The molecule has 0 atom stereocenters. The molecule has 0 unspecified atom stereocenters. The van der Waals surface area contributed by atoms with Gasteiger partial charge < -0.3 is 30.8 Å². The molecule has 42 heteroatoms. The van der Waals surface area contributed by atoms with Crippen LogP contribution in [0.5, 0.6) is 0 Å². The van der Waals surface area contributed by atoms with Crippen LogP contribution in [0.25, 0.3) is 135 Å². The van der Waals surface area contributed by atoms with Gasteiger partial charge in [-0.15, -0.1) is 37.1 Å². The number of hydrogen-bond donors (Lipinski definition) is 6. The highest BCUT2D eigenvalue weighted by Crippen LogP contribution is 2.42. The van der Waals surface area contributed by atoms with Crippen LogP contribution in [0.1, 0.15) is 86.4 Å². The standard InChI is InChI=1S/C26H20N4O3S.C21H19N5O2S.C21H18N4O2S.C20H17N5O3S.C20H16N4O3S.2H2O/c1-16(31)15-34-26-27-25(28-29-26)21-11-20(12-22(13-21)30(32)33)19-8-7-18-9-10-23(24(18)14-19)17-5-3-2-4-6-17;1-13(27)12-29-21-11-20(24-25-21)17-8-16(9-18(10-17)26-28)14-2-4-15(5-3-14)19-6-7-22-23-19;1-13(26)12-28-21-11-19(22-23-21)17-7-16(8-18(9-17)24-27)15-4-3-14-5-6-25(2)20(14)10-15;1-12(26)11-29-20-21-19(22-23-20)16-8-15(9-17(10-16)25(27)28)13-3-4-18-14(7-13)5-6-24(18)2;1-12(25)11-28-20-21-19(22-23-20)17-8-16(9-18(10-17)24(26)27)15-6-5-13-3-2-4-14(13)7-15;;/h2-8,10-14H,9,15H2,1H3,(H,27,28,29);2-10H,11-12,26H2,1H3,(H,22,23);3-10H,11-12H2,1-2H3;3-10H,11H2,1-2H3,(H,21,22,23);2,4-10H,3,11H2,1H3,(H,21,22,23);2*1H2. The van der Waals surface area contributed by atoms with Crippen molar-refractivity contribution in [2.24, 2.45) is 34.6 Å². The van der Waals surface area contributed by atoms with E-state index in [4.69, 9.17) is 0 Å². The van der Waals surface area contributed by atoms with E-state index >= 15 is 0 Å². The number of aryl methyl sites for hydroxylation is 2. The summed E-state index contributed by atoms with van der Waals surface area (Å²) in [5.41, 5.74) is 26.8. The molecule has 0 bridgehead atoms. The predicted molar refractivity (Wildman–Crippen MR) is 588 cm³/mol. The fourth-order valence-corrected chi connectivity index (χ4v) is 19.7. The second kappa shape index (κ2) is 49.0. The molecule has 11 aromatic carbocycles. The molecule has 2 aliphatic heterocycles. The van der Waals surface area contributed by atoms with E-state index < -0.39 is 14.8 Å². The highest BCUT2D eigenvalue weighted by molar-refractivity contribution is 8.14. The number of rotatable bonds is 30. The van der Waals surface area contributed by atoms with E-state index in [0.29, 0.717) is 90.9 Å². The quantitative estimate of drug-likeness (QED) is 0.00800. The van der Waals surface area contributed by atoms with Crippen molar-refractivity contribution in [3.05, 3.63) is 347 Å². The maximum Gasteiger partial charge on any atom is 0.270 e. The topological polar surface area (TPSA) is 560 Å². The van der Waals surface area contributed by atoms with E-state index in [1.54, 1.807) is 50.4 Å². The fraction of sp³-hybridized carbons (Fsp3) is 0.148. The number of carbonyl (C=O) groups is 5. The minimum absolute atomic E-state index is 0. The first kappa shape index (κ1) is 107. The number of aromatic nitrogens is 13. The molecule has 2 aliphatic carbocycles. The molecule has 4 aliphatic rings. The zero-order valence-corrected chi connectivity index (χ0v) is 85.5. The molecule has 0 fully saturated rings. The Labute approximate surface area is 877 Å². The van der Waals surface area contributed by atoms with Gasteiger partial charge in [-0.3, -0.25) is 74.7 Å². The van der Waals surface area contributed by atoms with Crippen LogP contribution < -0.4 is 10.6 Å². The molecule has 6 aromatic heterocycles. The zero-order valence-electron chi connectivity index (χ0n) is 81.4.